The lowest BCUT2D eigenvalue weighted by atomic mass is 9.98. The summed E-state index contributed by atoms with van der Waals surface area (Å²) < 4.78 is 5.39. The Labute approximate surface area is 121 Å². The average molecular weight is 276 g/mol. The van der Waals surface area contributed by atoms with Gasteiger partial charge in [0.25, 0.3) is 0 Å². The van der Waals surface area contributed by atoms with Gasteiger partial charge in [0.2, 0.25) is 0 Å². The third kappa shape index (κ3) is 4.53. The number of hydrogen-bond donors (Lipinski definition) is 1. The van der Waals surface area contributed by atoms with E-state index in [1.165, 1.54) is 6.42 Å². The molecule has 1 amide bonds. The molecule has 4 nitrogen and oxygen atoms in total. The van der Waals surface area contributed by atoms with Crippen LogP contribution >= 0.6 is 0 Å². The van der Waals surface area contributed by atoms with Crippen molar-refractivity contribution in [2.45, 2.75) is 32.7 Å². The number of para-hydroxylation sites is 1. The number of carbonyl (C=O) groups is 1. The van der Waals surface area contributed by atoms with E-state index in [1.54, 1.807) is 12.1 Å². The van der Waals surface area contributed by atoms with Crippen molar-refractivity contribution in [1.29, 1.82) is 0 Å². The highest BCUT2D eigenvalue weighted by Crippen LogP contribution is 2.18. The van der Waals surface area contributed by atoms with Gasteiger partial charge in [0, 0.05) is 19.1 Å². The van der Waals surface area contributed by atoms with Crippen LogP contribution in [0.1, 0.15) is 26.7 Å². The van der Waals surface area contributed by atoms with Crippen LogP contribution in [-0.4, -0.2) is 36.7 Å². The predicted molar refractivity (Wildman–Crippen MR) is 79.9 cm³/mol. The maximum absolute atomic E-state index is 12.1. The summed E-state index contributed by atoms with van der Waals surface area (Å²) in [4.78, 5) is 14.0. The number of hydrogen-bond acceptors (Lipinski definition) is 3. The number of likely N-dealkylation sites (tertiary alicyclic amines) is 1. The van der Waals surface area contributed by atoms with E-state index >= 15 is 0 Å². The second-order valence-electron chi connectivity index (χ2n) is 5.70. The lowest BCUT2D eigenvalue weighted by Gasteiger charge is -2.32. The molecule has 1 unspecified atom stereocenters. The third-order valence-corrected chi connectivity index (χ3v) is 3.54. The van der Waals surface area contributed by atoms with Gasteiger partial charge in [0.1, 0.15) is 5.75 Å². The van der Waals surface area contributed by atoms with E-state index in [0.717, 1.165) is 26.1 Å². The van der Waals surface area contributed by atoms with Crippen LogP contribution < -0.4 is 10.1 Å². The first-order valence-electron chi connectivity index (χ1n) is 7.40. The zero-order valence-electron chi connectivity index (χ0n) is 12.3. The van der Waals surface area contributed by atoms with Gasteiger partial charge in [-0.3, -0.25) is 0 Å². The molecular formula is C16H24N2O2. The minimum atomic E-state index is -0.231. The molecule has 0 bridgehead atoms. The number of amides is 1. The first-order valence-corrected chi connectivity index (χ1v) is 7.40. The van der Waals surface area contributed by atoms with Crippen LogP contribution in [0.4, 0.5) is 4.79 Å². The molecule has 1 fully saturated rings. The molecule has 0 aromatic heterocycles. The fourth-order valence-electron chi connectivity index (χ4n) is 2.45. The van der Waals surface area contributed by atoms with Gasteiger partial charge in [-0.25, -0.2) is 4.79 Å². The van der Waals surface area contributed by atoms with E-state index < -0.39 is 0 Å². The summed E-state index contributed by atoms with van der Waals surface area (Å²) in [6, 6.07) is 9.75. The van der Waals surface area contributed by atoms with Crippen LogP contribution in [0, 0.1) is 5.92 Å². The van der Waals surface area contributed by atoms with Crippen molar-refractivity contribution in [1.82, 2.24) is 10.2 Å². The van der Waals surface area contributed by atoms with Gasteiger partial charge in [0.05, 0.1) is 0 Å². The highest BCUT2D eigenvalue weighted by Gasteiger charge is 2.24. The standard InChI is InChI=1S/C16H24N2O2/c1-13(2)17-11-14-7-6-10-18(12-14)16(19)20-15-8-4-3-5-9-15/h3-5,8-9,13-14,17H,6-7,10-12H2,1-2H3. The largest absolute Gasteiger partial charge is 0.415 e. The summed E-state index contributed by atoms with van der Waals surface area (Å²) >= 11 is 0. The van der Waals surface area contributed by atoms with Crippen molar-refractivity contribution in [3.63, 3.8) is 0 Å². The highest BCUT2D eigenvalue weighted by molar-refractivity contribution is 5.70. The Balaban J connectivity index is 1.83. The Morgan fingerprint density at radius 3 is 2.85 bits per heavy atom. The Hall–Kier alpha value is -1.55. The first kappa shape index (κ1) is 14.9. The van der Waals surface area contributed by atoms with E-state index in [0.29, 0.717) is 17.7 Å². The van der Waals surface area contributed by atoms with E-state index in [9.17, 15) is 4.79 Å². The third-order valence-electron chi connectivity index (χ3n) is 3.54. The predicted octanol–water partition coefficient (Wildman–Crippen LogP) is 2.90. The van der Waals surface area contributed by atoms with Crippen LogP contribution in [-0.2, 0) is 0 Å². The number of ether oxygens (including phenoxy) is 1. The van der Waals surface area contributed by atoms with E-state index in [-0.39, 0.29) is 6.09 Å². The molecule has 1 saturated heterocycles. The van der Waals surface area contributed by atoms with Crippen molar-refractivity contribution in [3.8, 4) is 5.75 Å². The normalized spacial score (nSPS) is 19.1. The summed E-state index contributed by atoms with van der Waals surface area (Å²) in [6.45, 7) is 6.83. The van der Waals surface area contributed by atoms with Crippen LogP contribution in [0.3, 0.4) is 0 Å². The monoisotopic (exact) mass is 276 g/mol. The molecule has 0 radical (unpaired) electrons. The number of piperidine rings is 1. The van der Waals surface area contributed by atoms with Gasteiger partial charge < -0.3 is 15.0 Å². The molecule has 0 spiro atoms. The topological polar surface area (TPSA) is 41.6 Å². The number of carbonyl (C=O) groups excluding carboxylic acids is 1. The summed E-state index contributed by atoms with van der Waals surface area (Å²) in [5, 5.41) is 3.45. The molecule has 1 atom stereocenters. The summed E-state index contributed by atoms with van der Waals surface area (Å²) in [7, 11) is 0. The first-order chi connectivity index (χ1) is 9.65. The van der Waals surface area contributed by atoms with Crippen LogP contribution in [0.5, 0.6) is 5.75 Å². The number of nitrogens with zero attached hydrogens (tertiary/aromatic N) is 1. The molecule has 1 aliphatic heterocycles. The molecule has 20 heavy (non-hydrogen) atoms. The molecule has 1 aliphatic rings. The molecule has 2 rings (SSSR count). The number of benzene rings is 1. The van der Waals surface area contributed by atoms with Gasteiger partial charge in [-0.1, -0.05) is 32.0 Å². The van der Waals surface area contributed by atoms with Gasteiger partial charge in [0.15, 0.2) is 0 Å². The SMILES string of the molecule is CC(C)NCC1CCCN(C(=O)Oc2ccccc2)C1. The molecule has 1 N–H and O–H groups in total. The molecule has 4 heteroatoms. The van der Waals surface area contributed by atoms with Crippen molar-refractivity contribution in [3.05, 3.63) is 30.3 Å². The van der Waals surface area contributed by atoms with Gasteiger partial charge in [-0.2, -0.15) is 0 Å². The number of nitrogens with one attached hydrogen (secondary N) is 1. The zero-order valence-corrected chi connectivity index (χ0v) is 12.3. The molecule has 1 aromatic carbocycles. The maximum Gasteiger partial charge on any atom is 0.415 e. The van der Waals surface area contributed by atoms with E-state index in [1.807, 2.05) is 23.1 Å². The minimum Gasteiger partial charge on any atom is -0.410 e. The molecule has 0 aliphatic carbocycles. The lowest BCUT2D eigenvalue weighted by Crippen LogP contribution is -2.44. The number of rotatable bonds is 4. The second kappa shape index (κ2) is 7.29. The highest BCUT2D eigenvalue weighted by atomic mass is 16.6. The lowest BCUT2D eigenvalue weighted by molar-refractivity contribution is 0.125. The summed E-state index contributed by atoms with van der Waals surface area (Å²) in [6.07, 6.45) is 1.99. The quantitative estimate of drug-likeness (QED) is 0.919. The fourth-order valence-corrected chi connectivity index (χ4v) is 2.45. The smallest absolute Gasteiger partial charge is 0.410 e. The Kier molecular flexibility index (Phi) is 5.41. The van der Waals surface area contributed by atoms with Crippen molar-refractivity contribution in [2.24, 2.45) is 5.92 Å². The van der Waals surface area contributed by atoms with Gasteiger partial charge in [-0.15, -0.1) is 0 Å². The molecule has 110 valence electrons. The van der Waals surface area contributed by atoms with Crippen LogP contribution in [0.25, 0.3) is 0 Å². The fraction of sp³-hybridized carbons (Fsp3) is 0.562. The summed E-state index contributed by atoms with van der Waals surface area (Å²) in [5.74, 6) is 1.13. The Morgan fingerprint density at radius 2 is 2.15 bits per heavy atom. The van der Waals surface area contributed by atoms with Crippen LogP contribution in [0.2, 0.25) is 0 Å². The molecule has 0 saturated carbocycles. The van der Waals surface area contributed by atoms with Gasteiger partial charge >= 0.3 is 6.09 Å². The summed E-state index contributed by atoms with van der Waals surface area (Å²) in [5.41, 5.74) is 0. The molecule has 1 heterocycles. The van der Waals surface area contributed by atoms with Crippen molar-refractivity contribution >= 4 is 6.09 Å². The maximum atomic E-state index is 12.1. The Morgan fingerprint density at radius 1 is 1.40 bits per heavy atom. The van der Waals surface area contributed by atoms with E-state index in [4.69, 9.17) is 4.74 Å². The van der Waals surface area contributed by atoms with Crippen LogP contribution in [0.15, 0.2) is 30.3 Å². The molecule has 1 aromatic rings. The van der Waals surface area contributed by atoms with Crippen molar-refractivity contribution < 1.29 is 9.53 Å². The van der Waals surface area contributed by atoms with Gasteiger partial charge in [-0.05, 0) is 37.4 Å². The Bertz CT molecular complexity index is 420. The minimum absolute atomic E-state index is 0.231. The second-order valence-corrected chi connectivity index (χ2v) is 5.70. The average Bonchev–Trinajstić information content (AvgIpc) is 2.46. The van der Waals surface area contributed by atoms with Crippen molar-refractivity contribution in [2.75, 3.05) is 19.6 Å². The van der Waals surface area contributed by atoms with E-state index in [2.05, 4.69) is 19.2 Å². The zero-order chi connectivity index (χ0) is 14.4. The molecular weight excluding hydrogens is 252 g/mol.